The molecule has 2 heterocycles. The molecule has 3 aliphatic carbocycles. The van der Waals surface area contributed by atoms with Crippen molar-refractivity contribution >= 4 is 42.7 Å². The molecule has 3 aliphatic rings. The number of benzene rings is 7. The van der Waals surface area contributed by atoms with Gasteiger partial charge in [-0.25, -0.2) is 0 Å². The number of nitrogens with zero attached hydrogens (tertiary/aromatic N) is 1. The highest BCUT2D eigenvalue weighted by atomic mass is 32.1. The fraction of sp³-hybridized carbons (Fsp3) is 0.0351. The van der Waals surface area contributed by atoms with E-state index < -0.39 is 5.41 Å². The van der Waals surface area contributed by atoms with Crippen LogP contribution in [0.5, 0.6) is 0 Å². The molecule has 12 rings (SSSR count). The van der Waals surface area contributed by atoms with E-state index in [1.54, 1.807) is 0 Å². The van der Waals surface area contributed by atoms with E-state index in [4.69, 9.17) is 0 Å². The minimum absolute atomic E-state index is 0.468. The van der Waals surface area contributed by atoms with Crippen LogP contribution in [0, 0.1) is 0 Å². The highest BCUT2D eigenvalue weighted by Gasteiger charge is 2.52. The summed E-state index contributed by atoms with van der Waals surface area (Å²) in [5.41, 5.74) is 18.6. The van der Waals surface area contributed by atoms with Gasteiger partial charge in [-0.3, -0.25) is 4.98 Å². The molecule has 1 nitrogen and oxygen atoms in total. The lowest BCUT2D eigenvalue weighted by molar-refractivity contribution is 0.794. The Kier molecular flexibility index (Phi) is 7.60. The van der Waals surface area contributed by atoms with Crippen LogP contribution >= 0.6 is 11.3 Å². The van der Waals surface area contributed by atoms with Gasteiger partial charge in [-0.15, -0.1) is 11.3 Å². The minimum atomic E-state index is -0.468. The standard InChI is InChI=1S/C57H37NS/c1-36-14-4-2-7-17-41(42-18-8-9-21-46(42)54(36)38-15-5-3-6-16-38)40-25-27-48-52(34-40)57(49-22-12-10-19-43(49)44-20-11-13-23-50(44)57)51-29-28-47-45-26-24-39(37-30-32-58-33-31-37)35-53(45)59-56(47)55(48)51/h2-16,18-35H,1,17H2/b7-2-,14-4-,42-41+,54-46?. The van der Waals surface area contributed by atoms with Crippen molar-refractivity contribution < 1.29 is 0 Å². The van der Waals surface area contributed by atoms with Gasteiger partial charge in [-0.1, -0.05) is 170 Å². The summed E-state index contributed by atoms with van der Waals surface area (Å²) >= 11 is 1.93. The van der Waals surface area contributed by atoms with Crippen LogP contribution in [-0.4, -0.2) is 4.98 Å². The highest BCUT2D eigenvalue weighted by molar-refractivity contribution is 7.26. The Bertz CT molecular complexity index is 3370. The van der Waals surface area contributed by atoms with Gasteiger partial charge >= 0.3 is 0 Å². The number of hydrogen-bond acceptors (Lipinski definition) is 2. The quantitative estimate of drug-likeness (QED) is 0.174. The average Bonchev–Trinajstić information content (AvgIpc) is 3.92. The highest BCUT2D eigenvalue weighted by Crippen LogP contribution is 2.64. The lowest BCUT2D eigenvalue weighted by Gasteiger charge is -2.31. The Hall–Kier alpha value is -7.13. The molecule has 0 radical (unpaired) electrons. The van der Waals surface area contributed by atoms with Crippen molar-refractivity contribution in [2.45, 2.75) is 11.8 Å². The van der Waals surface area contributed by atoms with Crippen LogP contribution in [0.15, 0.2) is 213 Å². The minimum Gasteiger partial charge on any atom is -0.265 e. The third kappa shape index (κ3) is 4.94. The molecule has 0 atom stereocenters. The van der Waals surface area contributed by atoms with Crippen molar-refractivity contribution in [1.29, 1.82) is 0 Å². The molecular weight excluding hydrogens is 731 g/mol. The molecule has 1 spiro atoms. The number of rotatable bonds is 3. The predicted octanol–water partition coefficient (Wildman–Crippen LogP) is 12.9. The lowest BCUT2D eigenvalue weighted by atomic mass is 9.70. The zero-order valence-electron chi connectivity index (χ0n) is 32.3. The average molecular weight is 768 g/mol. The Labute approximate surface area is 347 Å². The number of thiophene rings is 1. The van der Waals surface area contributed by atoms with Gasteiger partial charge in [0.2, 0.25) is 0 Å². The van der Waals surface area contributed by atoms with Gasteiger partial charge in [0.25, 0.3) is 0 Å². The molecule has 0 saturated carbocycles. The van der Waals surface area contributed by atoms with Crippen LogP contribution in [0.2, 0.25) is 0 Å². The first-order valence-electron chi connectivity index (χ1n) is 20.4. The van der Waals surface area contributed by atoms with Gasteiger partial charge in [0.15, 0.2) is 0 Å². The first kappa shape index (κ1) is 34.0. The van der Waals surface area contributed by atoms with E-state index in [9.17, 15) is 0 Å². The maximum atomic E-state index is 4.60. The van der Waals surface area contributed by atoms with Crippen molar-refractivity contribution in [2.24, 2.45) is 0 Å². The van der Waals surface area contributed by atoms with Crippen LogP contribution in [0.4, 0.5) is 0 Å². The Morgan fingerprint density at radius 1 is 0.508 bits per heavy atom. The van der Waals surface area contributed by atoms with Crippen molar-refractivity contribution in [3.8, 4) is 33.4 Å². The molecule has 9 aromatic rings. The lowest BCUT2D eigenvalue weighted by Crippen LogP contribution is -2.30. The van der Waals surface area contributed by atoms with Crippen molar-refractivity contribution in [1.82, 2.24) is 4.98 Å². The first-order chi connectivity index (χ1) is 29.2. The van der Waals surface area contributed by atoms with Crippen molar-refractivity contribution in [3.63, 3.8) is 0 Å². The number of aromatic nitrogens is 1. The smallest absolute Gasteiger partial charge is 0.0726 e. The van der Waals surface area contributed by atoms with E-state index in [1.165, 1.54) is 103 Å². The van der Waals surface area contributed by atoms with E-state index in [0.717, 1.165) is 17.6 Å². The van der Waals surface area contributed by atoms with E-state index in [1.807, 2.05) is 23.7 Å². The SMILES string of the molecule is C=C1/C=C\C=C/C/C(c2ccc3c(c2)C2(c4ccccc4-c4ccccc42)c2ccc4c(sc5cc(-c6ccncc6)ccc54)c2-3)=c2/ccccc2=C1c1ccccc1. The normalized spacial score (nSPS) is 16.7. The van der Waals surface area contributed by atoms with E-state index in [-0.39, 0.29) is 0 Å². The van der Waals surface area contributed by atoms with Crippen LogP contribution in [-0.2, 0) is 5.41 Å². The summed E-state index contributed by atoms with van der Waals surface area (Å²) in [4.78, 5) is 4.27. The summed E-state index contributed by atoms with van der Waals surface area (Å²) in [5, 5.41) is 5.06. The molecule has 0 amide bonds. The maximum absolute atomic E-state index is 4.60. The molecule has 2 heteroatoms. The van der Waals surface area contributed by atoms with Crippen LogP contribution < -0.4 is 10.4 Å². The van der Waals surface area contributed by atoms with Gasteiger partial charge in [0.05, 0.1) is 5.41 Å². The molecule has 276 valence electrons. The van der Waals surface area contributed by atoms with Crippen LogP contribution in [0.25, 0.3) is 64.7 Å². The first-order valence-corrected chi connectivity index (χ1v) is 21.2. The molecule has 0 N–H and O–H groups in total. The zero-order chi connectivity index (χ0) is 39.1. The Morgan fingerprint density at radius 2 is 1.20 bits per heavy atom. The molecule has 0 fully saturated rings. The Morgan fingerprint density at radius 3 is 2.00 bits per heavy atom. The van der Waals surface area contributed by atoms with Gasteiger partial charge < -0.3 is 0 Å². The second kappa shape index (κ2) is 13.2. The number of allylic oxidation sites excluding steroid dienone is 5. The van der Waals surface area contributed by atoms with E-state index in [0.29, 0.717) is 0 Å². The molecule has 0 aliphatic heterocycles. The van der Waals surface area contributed by atoms with Gasteiger partial charge in [0.1, 0.15) is 0 Å². The molecule has 2 aromatic heterocycles. The number of pyridine rings is 1. The molecular formula is C57H37NS. The zero-order valence-corrected chi connectivity index (χ0v) is 33.1. The molecule has 0 bridgehead atoms. The maximum Gasteiger partial charge on any atom is 0.0726 e. The van der Waals surface area contributed by atoms with E-state index in [2.05, 4.69) is 200 Å². The monoisotopic (exact) mass is 767 g/mol. The summed E-state index contributed by atoms with van der Waals surface area (Å²) in [6.07, 6.45) is 13.3. The summed E-state index contributed by atoms with van der Waals surface area (Å²) in [7, 11) is 0. The molecule has 0 saturated heterocycles. The summed E-state index contributed by atoms with van der Waals surface area (Å²) in [6.45, 7) is 4.60. The second-order valence-electron chi connectivity index (χ2n) is 15.8. The summed E-state index contributed by atoms with van der Waals surface area (Å²) in [5.74, 6) is 0. The topological polar surface area (TPSA) is 12.9 Å². The van der Waals surface area contributed by atoms with Gasteiger partial charge in [0, 0.05) is 38.1 Å². The van der Waals surface area contributed by atoms with Crippen LogP contribution in [0.3, 0.4) is 0 Å². The number of fused-ring (bicyclic) bond motifs is 15. The molecule has 59 heavy (non-hydrogen) atoms. The van der Waals surface area contributed by atoms with Gasteiger partial charge in [-0.05, 0) is 119 Å². The van der Waals surface area contributed by atoms with Crippen molar-refractivity contribution in [3.05, 3.63) is 256 Å². The summed E-state index contributed by atoms with van der Waals surface area (Å²) in [6, 6.07) is 61.2. The second-order valence-corrected chi connectivity index (χ2v) is 16.8. The number of hydrogen-bond donors (Lipinski definition) is 0. The van der Waals surface area contributed by atoms with Crippen LogP contribution in [0.1, 0.15) is 39.8 Å². The van der Waals surface area contributed by atoms with Crippen molar-refractivity contribution in [2.75, 3.05) is 0 Å². The third-order valence-electron chi connectivity index (χ3n) is 12.8. The summed E-state index contributed by atoms with van der Waals surface area (Å²) < 4.78 is 2.65. The van der Waals surface area contributed by atoms with Gasteiger partial charge in [-0.2, -0.15) is 0 Å². The third-order valence-corrected chi connectivity index (χ3v) is 14.0. The molecule has 7 aromatic carbocycles. The van der Waals surface area contributed by atoms with E-state index >= 15 is 0 Å². The predicted molar refractivity (Wildman–Crippen MR) is 248 cm³/mol. The fourth-order valence-corrected chi connectivity index (χ4v) is 11.7. The fourth-order valence-electron chi connectivity index (χ4n) is 10.4. The Balaban J connectivity index is 1.18. The largest absolute Gasteiger partial charge is 0.265 e. The molecule has 0 unspecified atom stereocenters.